The molecule has 3 rings (SSSR count). The summed E-state index contributed by atoms with van der Waals surface area (Å²) in [5.74, 6) is 0.889. The lowest BCUT2D eigenvalue weighted by molar-refractivity contribution is 0.0652. The molecule has 1 amide bonds. The van der Waals surface area contributed by atoms with Crippen LogP contribution < -0.4 is 10.1 Å². The van der Waals surface area contributed by atoms with E-state index in [4.69, 9.17) is 9.47 Å². The number of piperazine rings is 1. The number of nitrogens with zero attached hydrogens (tertiary/aromatic N) is 1. The van der Waals surface area contributed by atoms with Crippen LogP contribution in [0.4, 0.5) is 0 Å². The molecule has 120 valence electrons. The molecule has 1 N–H and O–H groups in total. The summed E-state index contributed by atoms with van der Waals surface area (Å²) >= 11 is 0. The molecule has 2 atom stereocenters. The molecule has 0 aromatic heterocycles. The van der Waals surface area contributed by atoms with Crippen LogP contribution in [0.3, 0.4) is 0 Å². The number of rotatable bonds is 4. The monoisotopic (exact) mass is 304 g/mol. The zero-order valence-electron chi connectivity index (χ0n) is 13.1. The third-order valence-electron chi connectivity index (χ3n) is 4.32. The van der Waals surface area contributed by atoms with E-state index in [9.17, 15) is 4.79 Å². The Balaban J connectivity index is 1.57. The van der Waals surface area contributed by atoms with Crippen LogP contribution in [0.1, 0.15) is 30.1 Å². The van der Waals surface area contributed by atoms with Gasteiger partial charge in [0.1, 0.15) is 12.4 Å². The Morgan fingerprint density at radius 3 is 2.91 bits per heavy atom. The van der Waals surface area contributed by atoms with Crippen LogP contribution in [0.15, 0.2) is 24.3 Å². The fraction of sp³-hybridized carbons (Fsp3) is 0.588. The van der Waals surface area contributed by atoms with Gasteiger partial charge in [0.25, 0.3) is 5.91 Å². The third-order valence-corrected chi connectivity index (χ3v) is 4.32. The predicted octanol–water partition coefficient (Wildman–Crippen LogP) is 1.68. The Morgan fingerprint density at radius 1 is 1.41 bits per heavy atom. The van der Waals surface area contributed by atoms with Gasteiger partial charge in [0, 0.05) is 37.8 Å². The Bertz CT molecular complexity index is 497. The predicted molar refractivity (Wildman–Crippen MR) is 84.3 cm³/mol. The standard InChI is InChI=1S/C17H24N2O3/c1-13-11-18-8-9-19(13)17(20)14-4-6-15(7-5-14)22-12-16-3-2-10-21-16/h4-7,13,16,18H,2-3,8-12H2,1H3/t13-,16?/m1/s1. The van der Waals surface area contributed by atoms with Crippen molar-refractivity contribution in [2.45, 2.75) is 31.9 Å². The summed E-state index contributed by atoms with van der Waals surface area (Å²) in [5, 5.41) is 3.30. The minimum absolute atomic E-state index is 0.0969. The average Bonchev–Trinajstić information content (AvgIpc) is 3.07. The lowest BCUT2D eigenvalue weighted by Crippen LogP contribution is -2.52. The smallest absolute Gasteiger partial charge is 0.254 e. The topological polar surface area (TPSA) is 50.8 Å². The number of amides is 1. The van der Waals surface area contributed by atoms with Gasteiger partial charge in [0.2, 0.25) is 0 Å². The van der Waals surface area contributed by atoms with E-state index in [1.165, 1.54) is 0 Å². The largest absolute Gasteiger partial charge is 0.491 e. The van der Waals surface area contributed by atoms with Crippen LogP contribution >= 0.6 is 0 Å². The molecule has 5 heteroatoms. The van der Waals surface area contributed by atoms with Gasteiger partial charge in [-0.2, -0.15) is 0 Å². The van der Waals surface area contributed by atoms with Crippen LogP contribution in [0.5, 0.6) is 5.75 Å². The second-order valence-corrected chi connectivity index (χ2v) is 6.02. The number of carbonyl (C=O) groups is 1. The molecule has 2 heterocycles. The van der Waals surface area contributed by atoms with Crippen molar-refractivity contribution >= 4 is 5.91 Å². The average molecular weight is 304 g/mol. The lowest BCUT2D eigenvalue weighted by atomic mass is 10.1. The van der Waals surface area contributed by atoms with Crippen molar-refractivity contribution in [2.75, 3.05) is 32.8 Å². The van der Waals surface area contributed by atoms with Gasteiger partial charge >= 0.3 is 0 Å². The SMILES string of the molecule is C[C@@H]1CNCCN1C(=O)c1ccc(OCC2CCCO2)cc1. The van der Waals surface area contributed by atoms with Gasteiger partial charge in [-0.1, -0.05) is 0 Å². The first-order chi connectivity index (χ1) is 10.7. The lowest BCUT2D eigenvalue weighted by Gasteiger charge is -2.34. The third kappa shape index (κ3) is 3.59. The summed E-state index contributed by atoms with van der Waals surface area (Å²) in [6.07, 6.45) is 2.39. The highest BCUT2D eigenvalue weighted by molar-refractivity contribution is 5.94. The van der Waals surface area contributed by atoms with E-state index in [0.717, 1.165) is 50.4 Å². The highest BCUT2D eigenvalue weighted by Gasteiger charge is 2.24. The van der Waals surface area contributed by atoms with Crippen molar-refractivity contribution in [3.05, 3.63) is 29.8 Å². The van der Waals surface area contributed by atoms with Crippen molar-refractivity contribution in [2.24, 2.45) is 0 Å². The summed E-state index contributed by atoms with van der Waals surface area (Å²) in [6.45, 7) is 5.97. The zero-order valence-corrected chi connectivity index (χ0v) is 13.1. The number of nitrogens with one attached hydrogen (secondary N) is 1. The van der Waals surface area contributed by atoms with Crippen LogP contribution in [0.25, 0.3) is 0 Å². The molecule has 1 unspecified atom stereocenters. The van der Waals surface area contributed by atoms with Gasteiger partial charge in [-0.15, -0.1) is 0 Å². The first-order valence-corrected chi connectivity index (χ1v) is 8.10. The second-order valence-electron chi connectivity index (χ2n) is 6.02. The maximum Gasteiger partial charge on any atom is 0.254 e. The number of carbonyl (C=O) groups excluding carboxylic acids is 1. The van der Waals surface area contributed by atoms with E-state index in [-0.39, 0.29) is 18.1 Å². The van der Waals surface area contributed by atoms with Crippen LogP contribution in [0.2, 0.25) is 0 Å². The molecule has 0 saturated carbocycles. The number of hydrogen-bond acceptors (Lipinski definition) is 4. The van der Waals surface area contributed by atoms with E-state index >= 15 is 0 Å². The molecule has 0 aliphatic carbocycles. The molecule has 2 saturated heterocycles. The first-order valence-electron chi connectivity index (χ1n) is 8.10. The first kappa shape index (κ1) is 15.3. The number of benzene rings is 1. The molecule has 2 fully saturated rings. The van der Waals surface area contributed by atoms with E-state index in [1.54, 1.807) is 0 Å². The summed E-state index contributed by atoms with van der Waals surface area (Å²) in [6, 6.07) is 7.67. The highest BCUT2D eigenvalue weighted by atomic mass is 16.5. The molecule has 0 bridgehead atoms. The van der Waals surface area contributed by atoms with Gasteiger partial charge in [0.05, 0.1) is 6.10 Å². The van der Waals surface area contributed by atoms with Crippen molar-refractivity contribution in [1.29, 1.82) is 0 Å². The van der Waals surface area contributed by atoms with E-state index < -0.39 is 0 Å². The molecule has 2 aliphatic heterocycles. The zero-order chi connectivity index (χ0) is 15.4. The van der Waals surface area contributed by atoms with E-state index in [2.05, 4.69) is 12.2 Å². The molecule has 22 heavy (non-hydrogen) atoms. The Labute approximate surface area is 131 Å². The van der Waals surface area contributed by atoms with Crippen LogP contribution in [0, 0.1) is 0 Å². The van der Waals surface area contributed by atoms with Crippen LogP contribution in [-0.4, -0.2) is 55.8 Å². The van der Waals surface area contributed by atoms with Crippen molar-refractivity contribution in [1.82, 2.24) is 10.2 Å². The summed E-state index contributed by atoms with van der Waals surface area (Å²) < 4.78 is 11.3. The van der Waals surface area contributed by atoms with E-state index in [1.807, 2.05) is 29.2 Å². The summed E-state index contributed by atoms with van der Waals surface area (Å²) in [5.41, 5.74) is 0.721. The summed E-state index contributed by atoms with van der Waals surface area (Å²) in [4.78, 5) is 14.5. The molecule has 0 radical (unpaired) electrons. The molecular weight excluding hydrogens is 280 g/mol. The number of ether oxygens (including phenoxy) is 2. The molecule has 2 aliphatic rings. The Hall–Kier alpha value is -1.59. The fourth-order valence-corrected chi connectivity index (χ4v) is 2.97. The Morgan fingerprint density at radius 2 is 2.23 bits per heavy atom. The Kier molecular flexibility index (Phi) is 4.95. The molecule has 1 aromatic carbocycles. The van der Waals surface area contributed by atoms with Gasteiger partial charge in [-0.25, -0.2) is 0 Å². The van der Waals surface area contributed by atoms with Crippen molar-refractivity contribution in [3.8, 4) is 5.75 Å². The number of hydrogen-bond donors (Lipinski definition) is 1. The highest BCUT2D eigenvalue weighted by Crippen LogP contribution is 2.18. The quantitative estimate of drug-likeness (QED) is 0.919. The molecule has 1 aromatic rings. The maximum atomic E-state index is 12.5. The minimum atomic E-state index is 0.0969. The minimum Gasteiger partial charge on any atom is -0.491 e. The fourth-order valence-electron chi connectivity index (χ4n) is 2.97. The molecular formula is C17H24N2O3. The van der Waals surface area contributed by atoms with Gasteiger partial charge in [-0.3, -0.25) is 4.79 Å². The van der Waals surface area contributed by atoms with E-state index in [0.29, 0.717) is 6.61 Å². The maximum absolute atomic E-state index is 12.5. The van der Waals surface area contributed by atoms with Gasteiger partial charge in [0.15, 0.2) is 0 Å². The summed E-state index contributed by atoms with van der Waals surface area (Å²) in [7, 11) is 0. The molecule has 0 spiro atoms. The van der Waals surface area contributed by atoms with Crippen molar-refractivity contribution < 1.29 is 14.3 Å². The molecule has 5 nitrogen and oxygen atoms in total. The van der Waals surface area contributed by atoms with Gasteiger partial charge in [-0.05, 0) is 44.0 Å². The second kappa shape index (κ2) is 7.11. The normalized spacial score (nSPS) is 25.2. The van der Waals surface area contributed by atoms with Crippen LogP contribution in [-0.2, 0) is 4.74 Å². The van der Waals surface area contributed by atoms with Crippen molar-refractivity contribution in [3.63, 3.8) is 0 Å². The van der Waals surface area contributed by atoms with Gasteiger partial charge < -0.3 is 19.7 Å².